The van der Waals surface area contributed by atoms with Crippen molar-refractivity contribution in [2.24, 2.45) is 0 Å². The van der Waals surface area contributed by atoms with Crippen molar-refractivity contribution in [3.63, 3.8) is 0 Å². The van der Waals surface area contributed by atoms with Crippen molar-refractivity contribution < 1.29 is 14.3 Å². The van der Waals surface area contributed by atoms with Crippen LogP contribution in [0.25, 0.3) is 0 Å². The summed E-state index contributed by atoms with van der Waals surface area (Å²) >= 11 is 0. The molecule has 0 aromatic heterocycles. The van der Waals surface area contributed by atoms with E-state index in [9.17, 15) is 4.79 Å². The highest BCUT2D eigenvalue weighted by molar-refractivity contribution is 5.90. The van der Waals surface area contributed by atoms with E-state index in [-0.39, 0.29) is 6.03 Å². The number of anilines is 1. The number of aryl methyl sites for hydroxylation is 2. The lowest BCUT2D eigenvalue weighted by atomic mass is 10.1. The maximum Gasteiger partial charge on any atom is 0.319 e. The molecular weight excluding hydrogens is 292 g/mol. The average molecular weight is 314 g/mol. The summed E-state index contributed by atoms with van der Waals surface area (Å²) in [5, 5.41) is 5.68. The number of rotatable bonds is 5. The lowest BCUT2D eigenvalue weighted by Crippen LogP contribution is -2.28. The van der Waals surface area contributed by atoms with E-state index in [1.165, 1.54) is 5.56 Å². The second-order valence-electron chi connectivity index (χ2n) is 5.32. The number of carbonyl (C=O) groups excluding carboxylic acids is 1. The van der Waals surface area contributed by atoms with Gasteiger partial charge in [-0.1, -0.05) is 23.8 Å². The highest BCUT2D eigenvalue weighted by Crippen LogP contribution is 2.27. The fraction of sp³-hybridized carbons (Fsp3) is 0.278. The predicted octanol–water partition coefficient (Wildman–Crippen LogP) is 3.64. The second-order valence-corrected chi connectivity index (χ2v) is 5.32. The molecule has 0 bridgehead atoms. The van der Waals surface area contributed by atoms with Gasteiger partial charge in [-0.05, 0) is 43.2 Å². The largest absolute Gasteiger partial charge is 0.493 e. The Morgan fingerprint density at radius 1 is 1.00 bits per heavy atom. The standard InChI is InChI=1S/C18H22N2O3/c1-12-5-7-15(13(2)9-12)20-18(21)19-11-14-6-8-16(22-3)17(10-14)23-4/h5-10H,11H2,1-4H3,(H2,19,20,21). The lowest BCUT2D eigenvalue weighted by Gasteiger charge is -2.12. The molecule has 0 unspecified atom stereocenters. The molecule has 5 heteroatoms. The third kappa shape index (κ3) is 4.39. The monoisotopic (exact) mass is 314 g/mol. The highest BCUT2D eigenvalue weighted by atomic mass is 16.5. The van der Waals surface area contributed by atoms with Crippen molar-refractivity contribution in [3.05, 3.63) is 53.1 Å². The molecule has 0 saturated carbocycles. The number of hydrogen-bond donors (Lipinski definition) is 2. The van der Waals surface area contributed by atoms with Gasteiger partial charge in [0.25, 0.3) is 0 Å². The van der Waals surface area contributed by atoms with Crippen LogP contribution in [0.2, 0.25) is 0 Å². The SMILES string of the molecule is COc1ccc(CNC(=O)Nc2ccc(C)cc2C)cc1OC. The van der Waals surface area contributed by atoms with Crippen molar-refractivity contribution in [3.8, 4) is 11.5 Å². The zero-order valence-corrected chi connectivity index (χ0v) is 13.9. The first kappa shape index (κ1) is 16.7. The topological polar surface area (TPSA) is 59.6 Å². The van der Waals surface area contributed by atoms with Crippen LogP contribution >= 0.6 is 0 Å². The molecule has 0 radical (unpaired) electrons. The Morgan fingerprint density at radius 2 is 1.74 bits per heavy atom. The smallest absolute Gasteiger partial charge is 0.319 e. The van der Waals surface area contributed by atoms with E-state index in [0.29, 0.717) is 18.0 Å². The van der Waals surface area contributed by atoms with E-state index in [2.05, 4.69) is 10.6 Å². The van der Waals surface area contributed by atoms with E-state index in [0.717, 1.165) is 16.8 Å². The predicted molar refractivity (Wildman–Crippen MR) is 91.3 cm³/mol. The van der Waals surface area contributed by atoms with Gasteiger partial charge in [-0.15, -0.1) is 0 Å². The number of ether oxygens (including phenoxy) is 2. The van der Waals surface area contributed by atoms with Crippen LogP contribution in [0, 0.1) is 13.8 Å². The van der Waals surface area contributed by atoms with E-state index < -0.39 is 0 Å². The van der Waals surface area contributed by atoms with Gasteiger partial charge in [0.15, 0.2) is 11.5 Å². The number of methoxy groups -OCH3 is 2. The van der Waals surface area contributed by atoms with Crippen LogP contribution in [-0.2, 0) is 6.54 Å². The van der Waals surface area contributed by atoms with Gasteiger partial charge in [0.2, 0.25) is 0 Å². The quantitative estimate of drug-likeness (QED) is 0.886. The zero-order chi connectivity index (χ0) is 16.8. The molecule has 2 rings (SSSR count). The number of amides is 2. The van der Waals surface area contributed by atoms with Gasteiger partial charge in [0, 0.05) is 12.2 Å². The number of nitrogens with one attached hydrogen (secondary N) is 2. The van der Waals surface area contributed by atoms with Gasteiger partial charge < -0.3 is 20.1 Å². The summed E-state index contributed by atoms with van der Waals surface area (Å²) < 4.78 is 10.4. The van der Waals surface area contributed by atoms with Gasteiger partial charge in [-0.3, -0.25) is 0 Å². The van der Waals surface area contributed by atoms with E-state index >= 15 is 0 Å². The Hall–Kier alpha value is -2.69. The van der Waals surface area contributed by atoms with E-state index in [1.807, 2.05) is 50.2 Å². The highest BCUT2D eigenvalue weighted by Gasteiger charge is 2.07. The molecule has 2 amide bonds. The van der Waals surface area contributed by atoms with Crippen LogP contribution in [0.4, 0.5) is 10.5 Å². The minimum atomic E-state index is -0.244. The molecule has 0 fully saturated rings. The third-order valence-corrected chi connectivity index (χ3v) is 3.53. The first-order valence-corrected chi connectivity index (χ1v) is 7.36. The molecule has 2 aromatic rings. The summed E-state index contributed by atoms with van der Waals surface area (Å²) in [6.45, 7) is 4.39. The summed E-state index contributed by atoms with van der Waals surface area (Å²) in [6, 6.07) is 11.2. The van der Waals surface area contributed by atoms with Crippen molar-refractivity contribution >= 4 is 11.7 Å². The Bertz CT molecular complexity index is 699. The van der Waals surface area contributed by atoms with Crippen molar-refractivity contribution in [2.45, 2.75) is 20.4 Å². The minimum absolute atomic E-state index is 0.244. The summed E-state index contributed by atoms with van der Waals surface area (Å²) in [5.41, 5.74) is 3.93. The molecule has 2 aromatic carbocycles. The molecule has 0 heterocycles. The maximum absolute atomic E-state index is 12.0. The summed E-state index contributed by atoms with van der Waals surface area (Å²) in [7, 11) is 3.18. The molecule has 5 nitrogen and oxygen atoms in total. The number of urea groups is 1. The first-order chi connectivity index (χ1) is 11.0. The molecule has 0 saturated heterocycles. The van der Waals surface area contributed by atoms with E-state index in [4.69, 9.17) is 9.47 Å². The molecule has 0 aliphatic rings. The van der Waals surface area contributed by atoms with Gasteiger partial charge in [-0.2, -0.15) is 0 Å². The van der Waals surface area contributed by atoms with Crippen LogP contribution in [0.5, 0.6) is 11.5 Å². The lowest BCUT2D eigenvalue weighted by molar-refractivity contribution is 0.251. The number of hydrogen-bond acceptors (Lipinski definition) is 3. The second kappa shape index (κ2) is 7.54. The molecule has 2 N–H and O–H groups in total. The minimum Gasteiger partial charge on any atom is -0.493 e. The van der Waals surface area contributed by atoms with Gasteiger partial charge >= 0.3 is 6.03 Å². The van der Waals surface area contributed by atoms with Crippen LogP contribution in [0.3, 0.4) is 0 Å². The van der Waals surface area contributed by atoms with Crippen LogP contribution in [-0.4, -0.2) is 20.3 Å². The summed E-state index contributed by atoms with van der Waals surface area (Å²) in [4.78, 5) is 12.0. The van der Waals surface area contributed by atoms with Gasteiger partial charge in [0.05, 0.1) is 14.2 Å². The number of carbonyl (C=O) groups is 1. The normalized spacial score (nSPS) is 10.1. The molecule has 23 heavy (non-hydrogen) atoms. The Kier molecular flexibility index (Phi) is 5.46. The zero-order valence-electron chi connectivity index (χ0n) is 13.9. The van der Waals surface area contributed by atoms with Gasteiger partial charge in [0.1, 0.15) is 0 Å². The summed E-state index contributed by atoms with van der Waals surface area (Å²) in [5.74, 6) is 1.30. The van der Waals surface area contributed by atoms with Crippen LogP contribution in [0.1, 0.15) is 16.7 Å². The molecule has 122 valence electrons. The Morgan fingerprint density at radius 3 is 2.39 bits per heavy atom. The van der Waals surface area contributed by atoms with Crippen molar-refractivity contribution in [2.75, 3.05) is 19.5 Å². The molecule has 0 aliphatic heterocycles. The van der Waals surface area contributed by atoms with Crippen molar-refractivity contribution in [1.82, 2.24) is 5.32 Å². The first-order valence-electron chi connectivity index (χ1n) is 7.36. The molecule has 0 aliphatic carbocycles. The Labute approximate surface area is 136 Å². The molecule has 0 spiro atoms. The molecular formula is C18H22N2O3. The summed E-state index contributed by atoms with van der Waals surface area (Å²) in [6.07, 6.45) is 0. The average Bonchev–Trinajstić information content (AvgIpc) is 2.55. The Balaban J connectivity index is 1.96. The fourth-order valence-corrected chi connectivity index (χ4v) is 2.29. The third-order valence-electron chi connectivity index (χ3n) is 3.53. The van der Waals surface area contributed by atoms with Crippen LogP contribution in [0.15, 0.2) is 36.4 Å². The maximum atomic E-state index is 12.0. The van der Waals surface area contributed by atoms with Gasteiger partial charge in [-0.25, -0.2) is 4.79 Å². The van der Waals surface area contributed by atoms with Crippen molar-refractivity contribution in [1.29, 1.82) is 0 Å². The molecule has 0 atom stereocenters. The van der Waals surface area contributed by atoms with E-state index in [1.54, 1.807) is 14.2 Å². The fourth-order valence-electron chi connectivity index (χ4n) is 2.29. The number of benzene rings is 2. The van der Waals surface area contributed by atoms with Crippen LogP contribution < -0.4 is 20.1 Å².